The summed E-state index contributed by atoms with van der Waals surface area (Å²) in [5.41, 5.74) is 0.796. The minimum absolute atomic E-state index is 0. The third kappa shape index (κ3) is 4.80. The van der Waals surface area contributed by atoms with Crippen molar-refractivity contribution in [2.24, 2.45) is 11.8 Å². The van der Waals surface area contributed by atoms with Crippen molar-refractivity contribution in [3.63, 3.8) is 0 Å². The van der Waals surface area contributed by atoms with Crippen LogP contribution in [-0.2, 0) is 11.3 Å². The fraction of sp³-hybridized carbons (Fsp3) is 0.714. The van der Waals surface area contributed by atoms with Gasteiger partial charge in [-0.25, -0.2) is 0 Å². The summed E-state index contributed by atoms with van der Waals surface area (Å²) in [6.07, 6.45) is 6.54. The Morgan fingerprint density at radius 2 is 2.25 bits per heavy atom. The molecule has 20 heavy (non-hydrogen) atoms. The van der Waals surface area contributed by atoms with E-state index in [0.29, 0.717) is 18.3 Å². The molecule has 0 saturated carbocycles. The van der Waals surface area contributed by atoms with Gasteiger partial charge in [0.05, 0.1) is 11.9 Å². The third-order valence-corrected chi connectivity index (χ3v) is 3.94. The van der Waals surface area contributed by atoms with Gasteiger partial charge in [-0.3, -0.25) is 9.48 Å². The number of hydrogen-bond acceptors (Lipinski definition) is 3. The normalized spacial score (nSPS) is 17.3. The lowest BCUT2D eigenvalue weighted by Crippen LogP contribution is -2.32. The van der Waals surface area contributed by atoms with Crippen LogP contribution in [0.4, 0.5) is 5.69 Å². The first-order chi connectivity index (χ1) is 9.19. The van der Waals surface area contributed by atoms with Gasteiger partial charge in [-0.1, -0.05) is 6.92 Å². The highest BCUT2D eigenvalue weighted by atomic mass is 35.5. The lowest BCUT2D eigenvalue weighted by molar-refractivity contribution is -0.117. The maximum Gasteiger partial charge on any atom is 0.224 e. The molecule has 0 radical (unpaired) electrons. The predicted octanol–water partition coefficient (Wildman–Crippen LogP) is 2.29. The van der Waals surface area contributed by atoms with Gasteiger partial charge in [-0.15, -0.1) is 12.4 Å². The van der Waals surface area contributed by atoms with Crippen LogP contribution in [0.5, 0.6) is 0 Å². The summed E-state index contributed by atoms with van der Waals surface area (Å²) in [6.45, 7) is 7.20. The fourth-order valence-corrected chi connectivity index (χ4v) is 2.69. The van der Waals surface area contributed by atoms with Crippen molar-refractivity contribution >= 4 is 24.0 Å². The average molecular weight is 301 g/mol. The number of piperidine rings is 1. The van der Waals surface area contributed by atoms with Crippen molar-refractivity contribution in [2.45, 2.75) is 39.7 Å². The first kappa shape index (κ1) is 17.0. The monoisotopic (exact) mass is 300 g/mol. The highest BCUT2D eigenvalue weighted by Gasteiger charge is 2.22. The number of aromatic nitrogens is 2. The van der Waals surface area contributed by atoms with Gasteiger partial charge in [0.1, 0.15) is 0 Å². The largest absolute Gasteiger partial charge is 0.323 e. The van der Waals surface area contributed by atoms with Crippen LogP contribution in [-0.4, -0.2) is 28.8 Å². The standard InChI is InChI=1S/C14H24N4O.ClH/c1-3-18-10-13(9-16-18)17-14(19)8-11(2)12-4-6-15-7-5-12;/h9-12,15H,3-8H2,1-2H3,(H,17,19);1H. The maximum absolute atomic E-state index is 12.0. The van der Waals surface area contributed by atoms with Gasteiger partial charge in [-0.05, 0) is 44.7 Å². The average Bonchev–Trinajstić information content (AvgIpc) is 2.87. The number of rotatable bonds is 5. The van der Waals surface area contributed by atoms with E-state index in [-0.39, 0.29) is 18.3 Å². The molecule has 1 amide bonds. The van der Waals surface area contributed by atoms with Crippen LogP contribution in [0.25, 0.3) is 0 Å². The highest BCUT2D eigenvalue weighted by molar-refractivity contribution is 5.90. The topological polar surface area (TPSA) is 59.0 Å². The van der Waals surface area contributed by atoms with Crippen LogP contribution in [0.2, 0.25) is 0 Å². The molecule has 0 aliphatic carbocycles. The lowest BCUT2D eigenvalue weighted by Gasteiger charge is -2.27. The number of carbonyl (C=O) groups is 1. The number of amides is 1. The zero-order chi connectivity index (χ0) is 13.7. The number of anilines is 1. The summed E-state index contributed by atoms with van der Waals surface area (Å²) in [5, 5.41) is 10.4. The smallest absolute Gasteiger partial charge is 0.224 e. The van der Waals surface area contributed by atoms with Crippen molar-refractivity contribution in [3.05, 3.63) is 12.4 Å². The molecule has 114 valence electrons. The van der Waals surface area contributed by atoms with E-state index in [1.807, 2.05) is 17.8 Å². The first-order valence-electron chi connectivity index (χ1n) is 7.22. The Kier molecular flexibility index (Phi) is 7.02. The molecule has 2 heterocycles. The molecule has 0 spiro atoms. The van der Waals surface area contributed by atoms with Crippen LogP contribution in [0, 0.1) is 11.8 Å². The molecule has 1 atom stereocenters. The van der Waals surface area contributed by atoms with Gasteiger partial charge >= 0.3 is 0 Å². The molecule has 1 aromatic rings. The van der Waals surface area contributed by atoms with Gasteiger partial charge in [0.2, 0.25) is 5.91 Å². The van der Waals surface area contributed by atoms with Crippen LogP contribution in [0.15, 0.2) is 12.4 Å². The Morgan fingerprint density at radius 3 is 2.85 bits per heavy atom. The molecule has 0 aromatic carbocycles. The number of nitrogens with zero attached hydrogens (tertiary/aromatic N) is 2. The summed E-state index contributed by atoms with van der Waals surface area (Å²) in [4.78, 5) is 12.0. The summed E-state index contributed by atoms with van der Waals surface area (Å²) in [6, 6.07) is 0. The highest BCUT2D eigenvalue weighted by Crippen LogP contribution is 2.24. The lowest BCUT2D eigenvalue weighted by atomic mass is 9.84. The summed E-state index contributed by atoms with van der Waals surface area (Å²) in [7, 11) is 0. The van der Waals surface area contributed by atoms with Crippen molar-refractivity contribution in [1.29, 1.82) is 0 Å². The second-order valence-corrected chi connectivity index (χ2v) is 5.40. The minimum Gasteiger partial charge on any atom is -0.323 e. The van der Waals surface area contributed by atoms with Crippen molar-refractivity contribution in [3.8, 4) is 0 Å². The Labute approximate surface area is 126 Å². The number of aryl methyl sites for hydroxylation is 1. The number of nitrogens with one attached hydrogen (secondary N) is 2. The van der Waals surface area contributed by atoms with Gasteiger partial charge in [0, 0.05) is 19.2 Å². The summed E-state index contributed by atoms with van der Waals surface area (Å²) < 4.78 is 1.81. The van der Waals surface area contributed by atoms with Crippen LogP contribution >= 0.6 is 12.4 Å². The quantitative estimate of drug-likeness (QED) is 0.877. The van der Waals surface area contributed by atoms with Crippen molar-refractivity contribution in [1.82, 2.24) is 15.1 Å². The van der Waals surface area contributed by atoms with Crippen LogP contribution in [0.1, 0.15) is 33.1 Å². The van der Waals surface area contributed by atoms with E-state index in [9.17, 15) is 4.79 Å². The Morgan fingerprint density at radius 1 is 1.55 bits per heavy atom. The van der Waals surface area contributed by atoms with E-state index in [0.717, 1.165) is 25.3 Å². The fourth-order valence-electron chi connectivity index (χ4n) is 2.69. The van der Waals surface area contributed by atoms with E-state index in [2.05, 4.69) is 22.7 Å². The molecule has 2 N–H and O–H groups in total. The third-order valence-electron chi connectivity index (χ3n) is 3.94. The molecule has 2 rings (SSSR count). The second-order valence-electron chi connectivity index (χ2n) is 5.40. The van der Waals surface area contributed by atoms with E-state index in [1.54, 1.807) is 6.20 Å². The van der Waals surface area contributed by atoms with E-state index in [4.69, 9.17) is 0 Å². The Bertz CT molecular complexity index is 415. The zero-order valence-corrected chi connectivity index (χ0v) is 13.1. The minimum atomic E-state index is 0. The molecule has 1 aromatic heterocycles. The molecule has 6 heteroatoms. The van der Waals surface area contributed by atoms with E-state index in [1.165, 1.54) is 12.8 Å². The SMILES string of the molecule is CCn1cc(NC(=O)CC(C)C2CCNCC2)cn1.Cl. The molecule has 1 saturated heterocycles. The molecule has 5 nitrogen and oxygen atoms in total. The predicted molar refractivity (Wildman–Crippen MR) is 83.2 cm³/mol. The van der Waals surface area contributed by atoms with E-state index >= 15 is 0 Å². The maximum atomic E-state index is 12.0. The molecule has 1 aliphatic heterocycles. The zero-order valence-electron chi connectivity index (χ0n) is 12.3. The summed E-state index contributed by atoms with van der Waals surface area (Å²) >= 11 is 0. The van der Waals surface area contributed by atoms with Gasteiger partial charge in [0.15, 0.2) is 0 Å². The Hall–Kier alpha value is -1.07. The van der Waals surface area contributed by atoms with Gasteiger partial charge < -0.3 is 10.6 Å². The molecular weight excluding hydrogens is 276 g/mol. The molecule has 1 unspecified atom stereocenters. The number of hydrogen-bond donors (Lipinski definition) is 2. The molecule has 1 aliphatic rings. The number of carbonyl (C=O) groups excluding carboxylic acids is 1. The van der Waals surface area contributed by atoms with Crippen molar-refractivity contribution < 1.29 is 4.79 Å². The molecular formula is C14H25ClN4O. The first-order valence-corrected chi connectivity index (χ1v) is 7.22. The second kappa shape index (κ2) is 8.27. The molecule has 1 fully saturated rings. The van der Waals surface area contributed by atoms with Gasteiger partial charge in [-0.2, -0.15) is 5.10 Å². The molecule has 0 bridgehead atoms. The number of halogens is 1. The van der Waals surface area contributed by atoms with Crippen LogP contribution < -0.4 is 10.6 Å². The van der Waals surface area contributed by atoms with Gasteiger partial charge in [0.25, 0.3) is 0 Å². The van der Waals surface area contributed by atoms with Crippen LogP contribution in [0.3, 0.4) is 0 Å². The summed E-state index contributed by atoms with van der Waals surface area (Å²) in [5.74, 6) is 1.22. The van der Waals surface area contributed by atoms with E-state index < -0.39 is 0 Å². The van der Waals surface area contributed by atoms with Crippen molar-refractivity contribution in [2.75, 3.05) is 18.4 Å². The Balaban J connectivity index is 0.00000200.